The largest absolute Gasteiger partial charge is 0.474 e. The predicted octanol–water partition coefficient (Wildman–Crippen LogP) is 3.12. The number of ether oxygens (including phenoxy) is 1. The Balaban J connectivity index is 1.66. The maximum Gasteiger partial charge on any atom is 0.233 e. The Hall–Kier alpha value is -3.78. The molecule has 0 saturated carbocycles. The van der Waals surface area contributed by atoms with Gasteiger partial charge in [0.2, 0.25) is 5.88 Å². The van der Waals surface area contributed by atoms with E-state index in [9.17, 15) is 5.11 Å². The number of hydrogen-bond acceptors (Lipinski definition) is 7. The number of aliphatic hydroxyl groups excluding tert-OH is 2. The van der Waals surface area contributed by atoms with Crippen LogP contribution in [0.2, 0.25) is 0 Å². The Morgan fingerprint density at radius 2 is 1.24 bits per heavy atom. The highest BCUT2D eigenvalue weighted by Gasteiger charge is 2.36. The molecule has 0 aliphatic carbocycles. The van der Waals surface area contributed by atoms with Gasteiger partial charge in [0.25, 0.3) is 0 Å². The summed E-state index contributed by atoms with van der Waals surface area (Å²) >= 11 is 0. The van der Waals surface area contributed by atoms with Crippen molar-refractivity contribution in [3.8, 4) is 5.88 Å². The van der Waals surface area contributed by atoms with E-state index < -0.39 is 11.6 Å². The average molecular weight is 443 g/mol. The number of benzene rings is 3. The average Bonchev–Trinajstić information content (AvgIpc) is 2.90. The van der Waals surface area contributed by atoms with Gasteiger partial charge < -0.3 is 20.4 Å². The number of nitrogens with zero attached hydrogens (tertiary/aromatic N) is 2. The van der Waals surface area contributed by atoms with E-state index in [1.807, 2.05) is 54.6 Å². The van der Waals surface area contributed by atoms with Crippen LogP contribution in [-0.2, 0) is 5.54 Å². The fourth-order valence-electron chi connectivity index (χ4n) is 3.64. The summed E-state index contributed by atoms with van der Waals surface area (Å²) in [7, 11) is 0. The summed E-state index contributed by atoms with van der Waals surface area (Å²) in [6.45, 7) is -0.438. The maximum atomic E-state index is 9.43. The second-order valence-electron chi connectivity index (χ2n) is 7.50. The van der Waals surface area contributed by atoms with Crippen LogP contribution in [-0.4, -0.2) is 39.7 Å². The van der Waals surface area contributed by atoms with Crippen molar-refractivity contribution in [2.45, 2.75) is 11.6 Å². The minimum absolute atomic E-state index is 0.0602. The molecule has 33 heavy (non-hydrogen) atoms. The topological polar surface area (TPSA) is 99.5 Å². The highest BCUT2D eigenvalue weighted by molar-refractivity contribution is 5.50. The Morgan fingerprint density at radius 1 is 0.727 bits per heavy atom. The number of aromatic nitrogens is 2. The number of hydrogen-bond donors (Lipinski definition) is 4. The SMILES string of the molecule is OCC(O)COc1ccc(NNC(c2ccccc2)(c2ccccc2)c2ccccc2)nn1. The van der Waals surface area contributed by atoms with Gasteiger partial charge in [-0.05, 0) is 22.8 Å². The van der Waals surface area contributed by atoms with Crippen LogP contribution in [0.25, 0.3) is 0 Å². The van der Waals surface area contributed by atoms with Crippen LogP contribution < -0.4 is 15.6 Å². The van der Waals surface area contributed by atoms with Crippen LogP contribution in [0.5, 0.6) is 5.88 Å². The van der Waals surface area contributed by atoms with E-state index in [-0.39, 0.29) is 19.1 Å². The lowest BCUT2D eigenvalue weighted by molar-refractivity contribution is 0.0518. The first-order valence-corrected chi connectivity index (χ1v) is 10.7. The van der Waals surface area contributed by atoms with Crippen molar-refractivity contribution in [3.05, 3.63) is 120 Å². The van der Waals surface area contributed by atoms with Crippen LogP contribution in [0.15, 0.2) is 103 Å². The molecule has 0 spiro atoms. The molecule has 0 aliphatic rings. The third kappa shape index (κ3) is 5.18. The lowest BCUT2D eigenvalue weighted by Crippen LogP contribution is -2.47. The summed E-state index contributed by atoms with van der Waals surface area (Å²) in [5.74, 6) is 0.755. The van der Waals surface area contributed by atoms with Crippen molar-refractivity contribution in [3.63, 3.8) is 0 Å². The fourth-order valence-corrected chi connectivity index (χ4v) is 3.64. The molecule has 4 rings (SSSR count). The lowest BCUT2D eigenvalue weighted by atomic mass is 9.77. The summed E-state index contributed by atoms with van der Waals surface area (Å²) in [5.41, 5.74) is 9.19. The number of aliphatic hydroxyl groups is 2. The van der Waals surface area contributed by atoms with Gasteiger partial charge in [0.1, 0.15) is 18.2 Å². The zero-order valence-electron chi connectivity index (χ0n) is 18.0. The number of hydrazine groups is 1. The van der Waals surface area contributed by atoms with Gasteiger partial charge >= 0.3 is 0 Å². The quantitative estimate of drug-likeness (QED) is 0.221. The molecule has 7 heteroatoms. The molecule has 0 aliphatic heterocycles. The predicted molar refractivity (Wildman–Crippen MR) is 127 cm³/mol. The molecule has 4 aromatic rings. The maximum absolute atomic E-state index is 9.43. The monoisotopic (exact) mass is 442 g/mol. The van der Waals surface area contributed by atoms with Crippen LogP contribution in [0.3, 0.4) is 0 Å². The van der Waals surface area contributed by atoms with Crippen molar-refractivity contribution < 1.29 is 14.9 Å². The smallest absolute Gasteiger partial charge is 0.233 e. The summed E-state index contributed by atoms with van der Waals surface area (Å²) < 4.78 is 5.34. The zero-order valence-corrected chi connectivity index (χ0v) is 18.0. The standard InChI is InChI=1S/C26H26N4O3/c31-18-23(32)19-33-25-17-16-24(27-29-25)28-30-26(20-10-4-1-5-11-20,21-12-6-2-7-13-21)22-14-8-3-9-15-22/h1-17,23,30-32H,18-19H2,(H,27,28). The molecule has 1 unspecified atom stereocenters. The number of nitrogens with one attached hydrogen (secondary N) is 2. The van der Waals surface area contributed by atoms with E-state index in [4.69, 9.17) is 9.84 Å². The van der Waals surface area contributed by atoms with Crippen LogP contribution in [0, 0.1) is 0 Å². The van der Waals surface area contributed by atoms with Gasteiger partial charge in [-0.2, -0.15) is 0 Å². The van der Waals surface area contributed by atoms with Crippen LogP contribution in [0.1, 0.15) is 16.7 Å². The molecule has 4 N–H and O–H groups in total. The molecule has 0 amide bonds. The molecule has 0 radical (unpaired) electrons. The number of anilines is 1. The Labute approximate surface area is 192 Å². The van der Waals surface area contributed by atoms with Crippen molar-refractivity contribution >= 4 is 5.82 Å². The lowest BCUT2D eigenvalue weighted by Gasteiger charge is -2.37. The molecule has 1 atom stereocenters. The molecule has 0 fully saturated rings. The van der Waals surface area contributed by atoms with Gasteiger partial charge in [-0.15, -0.1) is 10.2 Å². The molecule has 168 valence electrons. The molecule has 7 nitrogen and oxygen atoms in total. The highest BCUT2D eigenvalue weighted by Crippen LogP contribution is 2.36. The first-order valence-electron chi connectivity index (χ1n) is 10.7. The van der Waals surface area contributed by atoms with E-state index in [0.29, 0.717) is 5.82 Å². The van der Waals surface area contributed by atoms with Crippen molar-refractivity contribution in [1.29, 1.82) is 0 Å². The third-order valence-electron chi connectivity index (χ3n) is 5.27. The molecule has 0 saturated heterocycles. The summed E-state index contributed by atoms with van der Waals surface area (Å²) in [6, 6.07) is 34.0. The van der Waals surface area contributed by atoms with E-state index in [2.05, 4.69) is 57.4 Å². The second-order valence-corrected chi connectivity index (χ2v) is 7.50. The molecule has 0 bridgehead atoms. The minimum atomic E-state index is -0.963. The fraction of sp³-hybridized carbons (Fsp3) is 0.154. The summed E-state index contributed by atoms with van der Waals surface area (Å²) in [5, 5.41) is 26.5. The van der Waals surface area contributed by atoms with Crippen LogP contribution >= 0.6 is 0 Å². The van der Waals surface area contributed by atoms with E-state index in [1.54, 1.807) is 12.1 Å². The molecular formula is C26H26N4O3. The first-order chi connectivity index (χ1) is 16.2. The molecule has 1 aromatic heterocycles. The van der Waals surface area contributed by atoms with Crippen LogP contribution in [0.4, 0.5) is 5.82 Å². The molecule has 3 aromatic carbocycles. The Bertz CT molecular complexity index is 1010. The van der Waals surface area contributed by atoms with Crippen molar-refractivity contribution in [2.24, 2.45) is 0 Å². The zero-order chi connectivity index (χ0) is 22.9. The van der Waals surface area contributed by atoms with Gasteiger partial charge in [0.15, 0.2) is 5.82 Å². The van der Waals surface area contributed by atoms with Crippen molar-refractivity contribution in [1.82, 2.24) is 15.6 Å². The first kappa shape index (κ1) is 22.4. The van der Waals surface area contributed by atoms with Gasteiger partial charge in [0, 0.05) is 6.07 Å². The molecule has 1 heterocycles. The van der Waals surface area contributed by atoms with E-state index in [0.717, 1.165) is 16.7 Å². The van der Waals surface area contributed by atoms with Gasteiger partial charge in [0.05, 0.1) is 6.61 Å². The highest BCUT2D eigenvalue weighted by atomic mass is 16.5. The van der Waals surface area contributed by atoms with E-state index in [1.165, 1.54) is 0 Å². The van der Waals surface area contributed by atoms with Crippen molar-refractivity contribution in [2.75, 3.05) is 18.6 Å². The second kappa shape index (κ2) is 10.7. The normalized spacial score (nSPS) is 12.2. The minimum Gasteiger partial charge on any atom is -0.474 e. The summed E-state index contributed by atoms with van der Waals surface area (Å²) in [6.07, 6.45) is -0.963. The third-order valence-corrected chi connectivity index (χ3v) is 5.27. The summed E-state index contributed by atoms with van der Waals surface area (Å²) in [4.78, 5) is 0. The Morgan fingerprint density at radius 3 is 1.67 bits per heavy atom. The van der Waals surface area contributed by atoms with Gasteiger partial charge in [-0.1, -0.05) is 91.0 Å². The van der Waals surface area contributed by atoms with Gasteiger partial charge in [-0.25, -0.2) is 5.43 Å². The Kier molecular flexibility index (Phi) is 7.26. The van der Waals surface area contributed by atoms with Gasteiger partial charge in [-0.3, -0.25) is 0 Å². The van der Waals surface area contributed by atoms with E-state index >= 15 is 0 Å². The molecular weight excluding hydrogens is 416 g/mol. The number of rotatable bonds is 10.